The molecule has 0 N–H and O–H groups in total. The maximum Gasteiger partial charge on any atom is 0.282 e. The smallest absolute Gasteiger partial charge is 0.266 e. The van der Waals surface area contributed by atoms with Crippen LogP contribution < -0.4 is 0 Å². The Morgan fingerprint density at radius 1 is 1.23 bits per heavy atom. The third-order valence-corrected chi connectivity index (χ3v) is 2.09. The molecular formula is C10H13NOS. The fraction of sp³-hybridized carbons (Fsp3) is 0.300. The second kappa shape index (κ2) is 4.33. The Morgan fingerprint density at radius 2 is 1.77 bits per heavy atom. The van der Waals surface area contributed by atoms with Crippen LogP contribution in [0, 0.1) is 6.92 Å². The van der Waals surface area contributed by atoms with E-state index in [0.717, 1.165) is 5.56 Å². The highest BCUT2D eigenvalue weighted by atomic mass is 32.2. The van der Waals surface area contributed by atoms with E-state index in [-0.39, 0.29) is 16.6 Å². The predicted molar refractivity (Wildman–Crippen MR) is 57.2 cm³/mol. The highest BCUT2D eigenvalue weighted by Crippen LogP contribution is 2.04. The number of amides is 1. The fourth-order valence-electron chi connectivity index (χ4n) is 0.915. The fourth-order valence-corrected chi connectivity index (χ4v) is 1.35. The second-order valence-electron chi connectivity index (χ2n) is 3.04. The van der Waals surface area contributed by atoms with Gasteiger partial charge in [-0.2, -0.15) is 4.36 Å². The van der Waals surface area contributed by atoms with Crippen molar-refractivity contribution in [2.75, 3.05) is 12.5 Å². The lowest BCUT2D eigenvalue weighted by molar-refractivity contribution is 0.101. The SMILES string of the molecule is Cc1ccc(C(=O)N=S(C)C)cc1. The van der Waals surface area contributed by atoms with Crippen LogP contribution in [-0.2, 0) is 10.7 Å². The molecule has 1 aromatic carbocycles. The van der Waals surface area contributed by atoms with Gasteiger partial charge in [0.05, 0.1) is 0 Å². The van der Waals surface area contributed by atoms with E-state index in [1.165, 1.54) is 0 Å². The van der Waals surface area contributed by atoms with E-state index >= 15 is 0 Å². The first-order chi connectivity index (χ1) is 6.09. The first kappa shape index (κ1) is 10.1. The molecule has 13 heavy (non-hydrogen) atoms. The van der Waals surface area contributed by atoms with Crippen molar-refractivity contribution in [2.45, 2.75) is 6.92 Å². The molecular weight excluding hydrogens is 182 g/mol. The number of benzene rings is 1. The van der Waals surface area contributed by atoms with E-state index in [9.17, 15) is 4.79 Å². The van der Waals surface area contributed by atoms with E-state index in [4.69, 9.17) is 0 Å². The topological polar surface area (TPSA) is 29.4 Å². The minimum Gasteiger partial charge on any atom is -0.266 e. The monoisotopic (exact) mass is 195 g/mol. The van der Waals surface area contributed by atoms with Gasteiger partial charge >= 0.3 is 0 Å². The Morgan fingerprint density at radius 3 is 2.23 bits per heavy atom. The number of nitrogens with zero attached hydrogens (tertiary/aromatic N) is 1. The largest absolute Gasteiger partial charge is 0.282 e. The highest BCUT2D eigenvalue weighted by molar-refractivity contribution is 7.86. The minimum atomic E-state index is -0.176. The summed E-state index contributed by atoms with van der Waals surface area (Å²) < 4.78 is 3.97. The van der Waals surface area contributed by atoms with Gasteiger partial charge in [0.2, 0.25) is 0 Å². The summed E-state index contributed by atoms with van der Waals surface area (Å²) in [7, 11) is -0.176. The van der Waals surface area contributed by atoms with Gasteiger partial charge in [0.1, 0.15) is 0 Å². The molecule has 0 radical (unpaired) electrons. The Labute approximate surface area is 81.1 Å². The summed E-state index contributed by atoms with van der Waals surface area (Å²) in [6.45, 7) is 2.00. The number of aryl methyl sites for hydroxylation is 1. The van der Waals surface area contributed by atoms with Crippen molar-refractivity contribution >= 4 is 16.6 Å². The molecule has 0 heterocycles. The Kier molecular flexibility index (Phi) is 3.37. The van der Waals surface area contributed by atoms with E-state index in [1.54, 1.807) is 0 Å². The third-order valence-electron chi connectivity index (χ3n) is 1.56. The van der Waals surface area contributed by atoms with Gasteiger partial charge in [0.15, 0.2) is 0 Å². The quantitative estimate of drug-likeness (QED) is 0.675. The second-order valence-corrected chi connectivity index (χ2v) is 4.77. The first-order valence-electron chi connectivity index (χ1n) is 4.00. The van der Waals surface area contributed by atoms with Gasteiger partial charge in [0.25, 0.3) is 5.91 Å². The van der Waals surface area contributed by atoms with Crippen molar-refractivity contribution in [3.63, 3.8) is 0 Å². The predicted octanol–water partition coefficient (Wildman–Crippen LogP) is 2.20. The maximum atomic E-state index is 11.4. The number of carbonyl (C=O) groups excluding carboxylic acids is 1. The average molecular weight is 195 g/mol. The lowest BCUT2D eigenvalue weighted by atomic mass is 10.1. The molecule has 0 aliphatic heterocycles. The molecule has 0 bridgehead atoms. The molecule has 0 fully saturated rings. The molecule has 0 atom stereocenters. The van der Waals surface area contributed by atoms with Crippen LogP contribution in [0.3, 0.4) is 0 Å². The van der Waals surface area contributed by atoms with Crippen LogP contribution in [0.1, 0.15) is 15.9 Å². The third kappa shape index (κ3) is 3.11. The number of carbonyl (C=O) groups is 1. The van der Waals surface area contributed by atoms with Crippen molar-refractivity contribution in [1.82, 2.24) is 0 Å². The highest BCUT2D eigenvalue weighted by Gasteiger charge is 2.01. The molecule has 0 saturated heterocycles. The summed E-state index contributed by atoms with van der Waals surface area (Å²) in [5, 5.41) is 0. The van der Waals surface area contributed by atoms with Crippen LogP contribution in [0.15, 0.2) is 28.6 Å². The van der Waals surface area contributed by atoms with Crippen molar-refractivity contribution in [3.8, 4) is 0 Å². The van der Waals surface area contributed by atoms with E-state index in [0.29, 0.717) is 5.56 Å². The van der Waals surface area contributed by atoms with Crippen molar-refractivity contribution < 1.29 is 4.79 Å². The normalized spacial score (nSPS) is 10.2. The summed E-state index contributed by atoms with van der Waals surface area (Å²) in [5.74, 6) is -0.117. The van der Waals surface area contributed by atoms with Crippen LogP contribution in [0.5, 0.6) is 0 Å². The van der Waals surface area contributed by atoms with Crippen LogP contribution in [0.25, 0.3) is 0 Å². The molecule has 1 aromatic rings. The zero-order chi connectivity index (χ0) is 9.84. The summed E-state index contributed by atoms with van der Waals surface area (Å²) in [6.07, 6.45) is 3.85. The summed E-state index contributed by atoms with van der Waals surface area (Å²) in [4.78, 5) is 11.4. The van der Waals surface area contributed by atoms with E-state index in [2.05, 4.69) is 4.36 Å². The molecule has 1 rings (SSSR count). The summed E-state index contributed by atoms with van der Waals surface area (Å²) in [6, 6.07) is 7.47. The molecule has 3 heteroatoms. The Bertz CT molecular complexity index is 336. The van der Waals surface area contributed by atoms with Gasteiger partial charge in [-0.05, 0) is 31.6 Å². The van der Waals surface area contributed by atoms with E-state index in [1.807, 2.05) is 43.7 Å². The average Bonchev–Trinajstić information content (AvgIpc) is 2.04. The van der Waals surface area contributed by atoms with Crippen molar-refractivity contribution in [1.29, 1.82) is 0 Å². The summed E-state index contributed by atoms with van der Waals surface area (Å²) in [5.41, 5.74) is 1.83. The number of hydrogen-bond donors (Lipinski definition) is 0. The minimum absolute atomic E-state index is 0.117. The van der Waals surface area contributed by atoms with Gasteiger partial charge in [-0.15, -0.1) is 0 Å². The molecule has 70 valence electrons. The van der Waals surface area contributed by atoms with Crippen LogP contribution in [-0.4, -0.2) is 18.4 Å². The Hall–Kier alpha value is -0.960. The lowest BCUT2D eigenvalue weighted by Gasteiger charge is -1.96. The molecule has 0 aliphatic rings. The zero-order valence-corrected chi connectivity index (χ0v) is 8.89. The van der Waals surface area contributed by atoms with Gasteiger partial charge < -0.3 is 0 Å². The molecule has 0 aliphatic carbocycles. The van der Waals surface area contributed by atoms with Crippen molar-refractivity contribution in [3.05, 3.63) is 35.4 Å². The van der Waals surface area contributed by atoms with Gasteiger partial charge in [0, 0.05) is 5.56 Å². The van der Waals surface area contributed by atoms with Crippen molar-refractivity contribution in [2.24, 2.45) is 4.36 Å². The standard InChI is InChI=1S/C10H13NOS/c1-8-4-6-9(7-5-8)10(12)11-13(2)3/h4-7H,1-3H3. The first-order valence-corrected chi connectivity index (χ1v) is 6.00. The molecule has 0 spiro atoms. The molecule has 0 aromatic heterocycles. The molecule has 2 nitrogen and oxygen atoms in total. The van der Waals surface area contributed by atoms with Crippen LogP contribution in [0.4, 0.5) is 0 Å². The lowest BCUT2D eigenvalue weighted by Crippen LogP contribution is -1.96. The molecule has 0 unspecified atom stereocenters. The van der Waals surface area contributed by atoms with Gasteiger partial charge in [-0.25, -0.2) is 0 Å². The Balaban J connectivity index is 2.90. The molecule has 1 amide bonds. The number of rotatable bonds is 1. The van der Waals surface area contributed by atoms with Gasteiger partial charge in [-0.1, -0.05) is 28.4 Å². The molecule has 0 saturated carbocycles. The summed E-state index contributed by atoms with van der Waals surface area (Å²) >= 11 is 0. The van der Waals surface area contributed by atoms with Gasteiger partial charge in [-0.3, -0.25) is 4.79 Å². The number of hydrogen-bond acceptors (Lipinski definition) is 1. The van der Waals surface area contributed by atoms with Crippen LogP contribution >= 0.6 is 0 Å². The zero-order valence-electron chi connectivity index (χ0n) is 8.07. The van der Waals surface area contributed by atoms with Crippen LogP contribution in [0.2, 0.25) is 0 Å². The van der Waals surface area contributed by atoms with E-state index < -0.39 is 0 Å². The maximum absolute atomic E-state index is 11.4.